The summed E-state index contributed by atoms with van der Waals surface area (Å²) in [7, 11) is 0. The van der Waals surface area contributed by atoms with Crippen LogP contribution in [0.4, 0.5) is 8.78 Å². The third-order valence-corrected chi connectivity index (χ3v) is 2.55. The van der Waals surface area contributed by atoms with E-state index in [0.717, 1.165) is 0 Å². The average molecular weight is 247 g/mol. The van der Waals surface area contributed by atoms with E-state index in [2.05, 4.69) is 0 Å². The summed E-state index contributed by atoms with van der Waals surface area (Å²) in [6, 6.07) is 5.25. The quantitative estimate of drug-likeness (QED) is 0.647. The van der Waals surface area contributed by atoms with Gasteiger partial charge in [0, 0.05) is 5.39 Å². The van der Waals surface area contributed by atoms with E-state index < -0.39 is 12.5 Å². The van der Waals surface area contributed by atoms with Crippen molar-refractivity contribution in [3.63, 3.8) is 0 Å². The highest BCUT2D eigenvalue weighted by molar-refractivity contribution is 6.34. The summed E-state index contributed by atoms with van der Waals surface area (Å²) in [4.78, 5) is 0. The van der Waals surface area contributed by atoms with Gasteiger partial charge in [0.2, 0.25) is 0 Å². The molecule has 2 aromatic rings. The highest BCUT2D eigenvalue weighted by Gasteiger charge is 2.25. The lowest BCUT2D eigenvalue weighted by molar-refractivity contribution is 0.0890. The van der Waals surface area contributed by atoms with Crippen molar-refractivity contribution >= 4 is 22.6 Å². The minimum Gasteiger partial charge on any atom is -0.458 e. The molecule has 1 aromatic heterocycles. The lowest BCUT2D eigenvalue weighted by Gasteiger charge is -2.10. The fraction of sp³-hybridized carbons (Fsp3) is 0.200. The molecule has 0 aliphatic rings. The van der Waals surface area contributed by atoms with Crippen LogP contribution in [0, 0.1) is 0 Å². The van der Waals surface area contributed by atoms with Crippen LogP contribution in [0.2, 0.25) is 5.02 Å². The first-order valence-electron chi connectivity index (χ1n) is 4.55. The van der Waals surface area contributed by atoms with Gasteiger partial charge in [-0.05, 0) is 12.1 Å². The van der Waals surface area contributed by atoms with Crippen LogP contribution in [0.5, 0.6) is 0 Å². The number of alkyl halides is 2. The molecule has 3 nitrogen and oxygen atoms in total. The van der Waals surface area contributed by atoms with Gasteiger partial charge in [0.15, 0.2) is 5.58 Å². The zero-order chi connectivity index (χ0) is 11.7. The number of rotatable bonds is 3. The molecule has 0 amide bonds. The van der Waals surface area contributed by atoms with Crippen molar-refractivity contribution in [1.29, 1.82) is 0 Å². The maximum Gasteiger partial charge on any atom is 0.262 e. The number of halogens is 3. The Labute approximate surface area is 95.1 Å². The van der Waals surface area contributed by atoms with Gasteiger partial charge in [-0.15, -0.1) is 0 Å². The van der Waals surface area contributed by atoms with Crippen LogP contribution in [0.3, 0.4) is 0 Å². The second kappa shape index (κ2) is 4.37. The van der Waals surface area contributed by atoms with Gasteiger partial charge >= 0.3 is 0 Å². The van der Waals surface area contributed by atoms with E-state index in [0.29, 0.717) is 16.0 Å². The van der Waals surface area contributed by atoms with Crippen molar-refractivity contribution < 1.29 is 13.2 Å². The normalized spacial score (nSPS) is 13.6. The van der Waals surface area contributed by atoms with Gasteiger partial charge < -0.3 is 4.42 Å². The van der Waals surface area contributed by atoms with Crippen molar-refractivity contribution in [3.05, 3.63) is 35.0 Å². The molecule has 16 heavy (non-hydrogen) atoms. The molecule has 1 unspecified atom stereocenters. The summed E-state index contributed by atoms with van der Waals surface area (Å²) in [5.74, 6) is 5.11. The molecule has 0 spiro atoms. The first-order valence-corrected chi connectivity index (χ1v) is 4.93. The molecule has 0 aliphatic carbocycles. The van der Waals surface area contributed by atoms with E-state index in [1.165, 1.54) is 6.07 Å². The molecule has 1 aromatic carbocycles. The third-order valence-electron chi connectivity index (χ3n) is 2.25. The summed E-state index contributed by atoms with van der Waals surface area (Å²) >= 11 is 5.86. The molecule has 0 bridgehead atoms. The molecule has 6 heteroatoms. The molecule has 0 fully saturated rings. The van der Waals surface area contributed by atoms with Gasteiger partial charge in [-0.1, -0.05) is 23.7 Å². The van der Waals surface area contributed by atoms with Gasteiger partial charge in [-0.3, -0.25) is 5.84 Å². The van der Waals surface area contributed by atoms with Crippen LogP contribution in [-0.4, -0.2) is 6.43 Å². The van der Waals surface area contributed by atoms with E-state index in [9.17, 15) is 8.78 Å². The third kappa shape index (κ3) is 1.89. The summed E-state index contributed by atoms with van der Waals surface area (Å²) in [5, 5.41) is 1.05. The molecular weight excluding hydrogens is 238 g/mol. The number of hydrogen-bond donors (Lipinski definition) is 2. The SMILES string of the molecule is NNC(c1cc2cccc(Cl)c2o1)C(F)F. The molecule has 3 N–H and O–H groups in total. The molecule has 0 saturated carbocycles. The molecule has 1 heterocycles. The Kier molecular flexibility index (Phi) is 3.09. The monoisotopic (exact) mass is 246 g/mol. The smallest absolute Gasteiger partial charge is 0.262 e. The van der Waals surface area contributed by atoms with E-state index in [-0.39, 0.29) is 5.76 Å². The van der Waals surface area contributed by atoms with Crippen molar-refractivity contribution in [3.8, 4) is 0 Å². The largest absolute Gasteiger partial charge is 0.458 e. The Hall–Kier alpha value is -1.17. The molecule has 2 rings (SSSR count). The Balaban J connectivity index is 2.50. The predicted octanol–water partition coefficient (Wildman–Crippen LogP) is 2.86. The van der Waals surface area contributed by atoms with E-state index >= 15 is 0 Å². The minimum atomic E-state index is -2.65. The van der Waals surface area contributed by atoms with Crippen LogP contribution in [0.15, 0.2) is 28.7 Å². The van der Waals surface area contributed by atoms with Gasteiger partial charge in [0.1, 0.15) is 11.8 Å². The van der Waals surface area contributed by atoms with E-state index in [1.54, 1.807) is 18.2 Å². The molecule has 1 atom stereocenters. The fourth-order valence-electron chi connectivity index (χ4n) is 1.48. The summed E-state index contributed by atoms with van der Waals surface area (Å²) < 4.78 is 30.4. The highest BCUT2D eigenvalue weighted by Crippen LogP contribution is 2.31. The lowest BCUT2D eigenvalue weighted by Crippen LogP contribution is -2.32. The highest BCUT2D eigenvalue weighted by atomic mass is 35.5. The number of nitrogens with two attached hydrogens (primary N) is 1. The topological polar surface area (TPSA) is 51.2 Å². The van der Waals surface area contributed by atoms with Crippen LogP contribution in [0.25, 0.3) is 11.0 Å². The number of para-hydroxylation sites is 1. The molecular formula is C10H9ClF2N2O. The summed E-state index contributed by atoms with van der Waals surface area (Å²) in [6.07, 6.45) is -2.65. The number of benzene rings is 1. The maximum atomic E-state index is 12.6. The summed E-state index contributed by atoms with van der Waals surface area (Å²) in [6.45, 7) is 0. The molecule has 0 aliphatic heterocycles. The summed E-state index contributed by atoms with van der Waals surface area (Å²) in [5.41, 5.74) is 2.40. The van der Waals surface area contributed by atoms with Crippen molar-refractivity contribution in [2.75, 3.05) is 0 Å². The standard InChI is InChI=1S/C10H9ClF2N2O/c11-6-3-1-2-5-4-7(16-9(5)6)8(15-14)10(12)13/h1-4,8,10,15H,14H2. The fourth-order valence-corrected chi connectivity index (χ4v) is 1.70. The number of hydrazine groups is 1. The Bertz CT molecular complexity index is 501. The van der Waals surface area contributed by atoms with Gasteiger partial charge in [-0.2, -0.15) is 0 Å². The maximum absolute atomic E-state index is 12.6. The van der Waals surface area contributed by atoms with Gasteiger partial charge in [0.05, 0.1) is 5.02 Å². The van der Waals surface area contributed by atoms with Crippen LogP contribution in [-0.2, 0) is 0 Å². The Morgan fingerprint density at radius 1 is 1.38 bits per heavy atom. The second-order valence-electron chi connectivity index (χ2n) is 3.29. The first-order chi connectivity index (χ1) is 7.63. The first kappa shape index (κ1) is 11.3. The van der Waals surface area contributed by atoms with Crippen LogP contribution in [0.1, 0.15) is 11.8 Å². The zero-order valence-electron chi connectivity index (χ0n) is 8.08. The van der Waals surface area contributed by atoms with E-state index in [1.807, 2.05) is 5.43 Å². The number of furan rings is 1. The van der Waals surface area contributed by atoms with E-state index in [4.69, 9.17) is 21.9 Å². The lowest BCUT2D eigenvalue weighted by atomic mass is 10.2. The molecule has 0 saturated heterocycles. The Morgan fingerprint density at radius 2 is 2.12 bits per heavy atom. The molecule has 86 valence electrons. The second-order valence-corrected chi connectivity index (χ2v) is 3.69. The minimum absolute atomic E-state index is 0.0700. The predicted molar refractivity (Wildman–Crippen MR) is 57.3 cm³/mol. The van der Waals surface area contributed by atoms with Crippen molar-refractivity contribution in [1.82, 2.24) is 5.43 Å². The number of hydrogen-bond acceptors (Lipinski definition) is 3. The van der Waals surface area contributed by atoms with Crippen LogP contribution < -0.4 is 11.3 Å². The van der Waals surface area contributed by atoms with Gasteiger partial charge in [-0.25, -0.2) is 14.2 Å². The Morgan fingerprint density at radius 3 is 2.69 bits per heavy atom. The molecule has 0 radical (unpaired) electrons. The van der Waals surface area contributed by atoms with Crippen LogP contribution >= 0.6 is 11.6 Å². The van der Waals surface area contributed by atoms with Crippen molar-refractivity contribution in [2.45, 2.75) is 12.5 Å². The zero-order valence-corrected chi connectivity index (χ0v) is 8.84. The number of fused-ring (bicyclic) bond motifs is 1. The average Bonchev–Trinajstić information content (AvgIpc) is 2.63. The number of nitrogens with one attached hydrogen (secondary N) is 1. The van der Waals surface area contributed by atoms with Gasteiger partial charge in [0.25, 0.3) is 6.43 Å². The van der Waals surface area contributed by atoms with Crippen molar-refractivity contribution in [2.24, 2.45) is 5.84 Å².